The third-order valence-electron chi connectivity index (χ3n) is 1.87. The summed E-state index contributed by atoms with van der Waals surface area (Å²) in [4.78, 5) is 22.0. The molecule has 1 rings (SSSR count). The van der Waals surface area contributed by atoms with Crippen molar-refractivity contribution in [2.75, 3.05) is 6.61 Å². The fraction of sp³-hybridized carbons (Fsp3) is 0.333. The smallest absolute Gasteiger partial charge is 0.352 e. The van der Waals surface area contributed by atoms with Crippen molar-refractivity contribution in [3.05, 3.63) is 34.2 Å². The van der Waals surface area contributed by atoms with E-state index in [1.165, 1.54) is 18.2 Å². The maximum Gasteiger partial charge on any atom is 0.352 e. The standard InChI is InChI=1S/C9H11NO5/c11-5-6(12)4-10-7(9(14)15)2-1-3-8(10)13/h1-3,6,11-12H,4-5H2,(H,14,15). The third kappa shape index (κ3) is 2.64. The Bertz CT molecular complexity index is 411. The lowest BCUT2D eigenvalue weighted by Gasteiger charge is -2.12. The van der Waals surface area contributed by atoms with Crippen molar-refractivity contribution in [1.29, 1.82) is 0 Å². The van der Waals surface area contributed by atoms with Crippen molar-refractivity contribution < 1.29 is 20.1 Å². The number of aliphatic hydroxyl groups excluding tert-OH is 2. The van der Waals surface area contributed by atoms with Crippen LogP contribution in [-0.2, 0) is 6.54 Å². The normalized spacial score (nSPS) is 12.4. The van der Waals surface area contributed by atoms with Gasteiger partial charge in [0.05, 0.1) is 19.3 Å². The lowest BCUT2D eigenvalue weighted by atomic mass is 10.3. The Morgan fingerprint density at radius 2 is 2.13 bits per heavy atom. The minimum Gasteiger partial charge on any atom is -0.477 e. The molecule has 15 heavy (non-hydrogen) atoms. The molecule has 0 saturated heterocycles. The second kappa shape index (κ2) is 4.72. The molecule has 1 unspecified atom stereocenters. The largest absolute Gasteiger partial charge is 0.477 e. The molecular weight excluding hydrogens is 202 g/mol. The van der Waals surface area contributed by atoms with Crippen molar-refractivity contribution >= 4 is 5.97 Å². The first-order valence-electron chi connectivity index (χ1n) is 4.28. The Morgan fingerprint density at radius 1 is 1.47 bits per heavy atom. The van der Waals surface area contributed by atoms with E-state index in [1.807, 2.05) is 0 Å². The fourth-order valence-electron chi connectivity index (χ4n) is 1.16. The van der Waals surface area contributed by atoms with Crippen LogP contribution < -0.4 is 5.56 Å². The molecule has 1 aromatic heterocycles. The van der Waals surface area contributed by atoms with E-state index in [1.54, 1.807) is 0 Å². The summed E-state index contributed by atoms with van der Waals surface area (Å²) >= 11 is 0. The monoisotopic (exact) mass is 213 g/mol. The van der Waals surface area contributed by atoms with Crippen molar-refractivity contribution in [3.8, 4) is 0 Å². The van der Waals surface area contributed by atoms with Crippen LogP contribution in [0, 0.1) is 0 Å². The average Bonchev–Trinajstić information content (AvgIpc) is 2.20. The summed E-state index contributed by atoms with van der Waals surface area (Å²) < 4.78 is 0.906. The van der Waals surface area contributed by atoms with Gasteiger partial charge < -0.3 is 15.3 Å². The molecule has 0 amide bonds. The highest BCUT2D eigenvalue weighted by Crippen LogP contribution is 1.98. The second-order valence-electron chi connectivity index (χ2n) is 3.00. The first-order chi connectivity index (χ1) is 7.06. The number of carboxylic acid groups (broad SMARTS) is 1. The van der Waals surface area contributed by atoms with Crippen LogP contribution in [0.2, 0.25) is 0 Å². The molecule has 0 aliphatic rings. The van der Waals surface area contributed by atoms with E-state index < -0.39 is 24.2 Å². The summed E-state index contributed by atoms with van der Waals surface area (Å²) in [6, 6.07) is 3.78. The van der Waals surface area contributed by atoms with E-state index in [0.717, 1.165) is 4.57 Å². The van der Waals surface area contributed by atoms with E-state index in [0.29, 0.717) is 0 Å². The number of rotatable bonds is 4. The molecular formula is C9H11NO5. The first-order valence-corrected chi connectivity index (χ1v) is 4.28. The van der Waals surface area contributed by atoms with Gasteiger partial charge in [0, 0.05) is 6.07 Å². The lowest BCUT2D eigenvalue weighted by Crippen LogP contribution is -2.31. The summed E-state index contributed by atoms with van der Waals surface area (Å²) in [5.41, 5.74) is -0.739. The molecule has 0 fully saturated rings. The second-order valence-corrected chi connectivity index (χ2v) is 3.00. The van der Waals surface area contributed by atoms with Crippen molar-refractivity contribution in [2.45, 2.75) is 12.6 Å². The topological polar surface area (TPSA) is 99.8 Å². The van der Waals surface area contributed by atoms with Crippen LogP contribution >= 0.6 is 0 Å². The number of hydrogen-bond donors (Lipinski definition) is 3. The summed E-state index contributed by atoms with van der Waals surface area (Å²) in [6.07, 6.45) is -1.15. The Hall–Kier alpha value is -1.66. The van der Waals surface area contributed by atoms with E-state index in [-0.39, 0.29) is 12.2 Å². The van der Waals surface area contributed by atoms with Gasteiger partial charge in [0.25, 0.3) is 5.56 Å². The highest BCUT2D eigenvalue weighted by atomic mass is 16.4. The molecule has 0 aliphatic carbocycles. The van der Waals surface area contributed by atoms with Gasteiger partial charge in [-0.05, 0) is 6.07 Å². The Labute approximate surface area is 85.0 Å². The zero-order valence-electron chi connectivity index (χ0n) is 7.83. The molecule has 0 aliphatic heterocycles. The van der Waals surface area contributed by atoms with E-state index >= 15 is 0 Å². The van der Waals surface area contributed by atoms with Crippen molar-refractivity contribution in [3.63, 3.8) is 0 Å². The number of aromatic nitrogens is 1. The van der Waals surface area contributed by atoms with Gasteiger partial charge in [0.15, 0.2) is 0 Å². The zero-order chi connectivity index (χ0) is 11.4. The zero-order valence-corrected chi connectivity index (χ0v) is 7.83. The van der Waals surface area contributed by atoms with Gasteiger partial charge in [0.2, 0.25) is 0 Å². The molecule has 0 saturated carbocycles. The first kappa shape index (κ1) is 11.4. The molecule has 0 spiro atoms. The van der Waals surface area contributed by atoms with Gasteiger partial charge in [-0.1, -0.05) is 6.07 Å². The van der Waals surface area contributed by atoms with Crippen LogP contribution in [0.4, 0.5) is 0 Å². The summed E-state index contributed by atoms with van der Waals surface area (Å²) in [7, 11) is 0. The van der Waals surface area contributed by atoms with Crippen LogP contribution in [0.5, 0.6) is 0 Å². The molecule has 0 radical (unpaired) electrons. The van der Waals surface area contributed by atoms with Gasteiger partial charge in [-0.3, -0.25) is 9.36 Å². The molecule has 6 heteroatoms. The summed E-state index contributed by atoms with van der Waals surface area (Å²) in [5, 5.41) is 26.5. The van der Waals surface area contributed by atoms with Gasteiger partial charge in [-0.15, -0.1) is 0 Å². The number of carbonyl (C=O) groups is 1. The number of hydrogen-bond acceptors (Lipinski definition) is 4. The van der Waals surface area contributed by atoms with Gasteiger partial charge in [-0.2, -0.15) is 0 Å². The quantitative estimate of drug-likeness (QED) is 0.589. The number of nitrogens with zero attached hydrogens (tertiary/aromatic N) is 1. The molecule has 82 valence electrons. The average molecular weight is 213 g/mol. The summed E-state index contributed by atoms with van der Waals surface area (Å²) in [6.45, 7) is -0.766. The Balaban J connectivity index is 3.13. The molecule has 0 bridgehead atoms. The minimum absolute atomic E-state index is 0.213. The minimum atomic E-state index is -1.25. The molecule has 1 atom stereocenters. The van der Waals surface area contributed by atoms with E-state index in [2.05, 4.69) is 0 Å². The summed E-state index contributed by atoms with van der Waals surface area (Å²) in [5.74, 6) is -1.25. The van der Waals surface area contributed by atoms with Crippen LogP contribution in [0.25, 0.3) is 0 Å². The number of aliphatic hydroxyl groups is 2. The van der Waals surface area contributed by atoms with Gasteiger partial charge in [0.1, 0.15) is 5.69 Å². The van der Waals surface area contributed by atoms with Gasteiger partial charge in [-0.25, -0.2) is 4.79 Å². The van der Waals surface area contributed by atoms with Gasteiger partial charge >= 0.3 is 5.97 Å². The van der Waals surface area contributed by atoms with E-state index in [4.69, 9.17) is 15.3 Å². The predicted molar refractivity (Wildman–Crippen MR) is 50.8 cm³/mol. The molecule has 6 nitrogen and oxygen atoms in total. The lowest BCUT2D eigenvalue weighted by molar-refractivity contribution is 0.0648. The molecule has 0 aromatic carbocycles. The fourth-order valence-corrected chi connectivity index (χ4v) is 1.16. The maximum absolute atomic E-state index is 11.3. The number of aromatic carboxylic acids is 1. The highest BCUT2D eigenvalue weighted by Gasteiger charge is 2.13. The molecule has 1 aromatic rings. The highest BCUT2D eigenvalue weighted by molar-refractivity contribution is 5.85. The number of pyridine rings is 1. The SMILES string of the molecule is O=C(O)c1cccc(=O)n1CC(O)CO. The van der Waals surface area contributed by atoms with Crippen molar-refractivity contribution in [2.24, 2.45) is 0 Å². The van der Waals surface area contributed by atoms with Crippen LogP contribution in [-0.4, -0.2) is 38.6 Å². The van der Waals surface area contributed by atoms with Crippen LogP contribution in [0.3, 0.4) is 0 Å². The molecule has 1 heterocycles. The van der Waals surface area contributed by atoms with Crippen molar-refractivity contribution in [1.82, 2.24) is 4.57 Å². The Kier molecular flexibility index (Phi) is 3.59. The van der Waals surface area contributed by atoms with Crippen LogP contribution in [0.1, 0.15) is 10.5 Å². The molecule has 3 N–H and O–H groups in total. The third-order valence-corrected chi connectivity index (χ3v) is 1.87. The maximum atomic E-state index is 11.3. The predicted octanol–water partition coefficient (Wildman–Crippen LogP) is -1.10. The number of carboxylic acids is 1. The Morgan fingerprint density at radius 3 is 2.67 bits per heavy atom. The van der Waals surface area contributed by atoms with E-state index in [9.17, 15) is 9.59 Å². The van der Waals surface area contributed by atoms with Crippen LogP contribution in [0.15, 0.2) is 23.0 Å².